The van der Waals surface area contributed by atoms with Gasteiger partial charge < -0.3 is 11.1 Å². The summed E-state index contributed by atoms with van der Waals surface area (Å²) in [6, 6.07) is 6.28. The summed E-state index contributed by atoms with van der Waals surface area (Å²) in [5.74, 6) is 0. The monoisotopic (exact) mass is 311 g/mol. The lowest BCUT2D eigenvalue weighted by Crippen LogP contribution is -2.00. The minimum atomic E-state index is 0.551. The molecule has 2 rings (SSSR count). The van der Waals surface area contributed by atoms with E-state index in [-0.39, 0.29) is 0 Å². The molecule has 1 heterocycles. The molecule has 0 saturated carbocycles. The van der Waals surface area contributed by atoms with Gasteiger partial charge in [0.1, 0.15) is 0 Å². The van der Waals surface area contributed by atoms with Crippen LogP contribution in [0.3, 0.4) is 0 Å². The maximum absolute atomic E-state index is 5.55. The van der Waals surface area contributed by atoms with Crippen molar-refractivity contribution in [2.75, 3.05) is 5.32 Å². The van der Waals surface area contributed by atoms with Crippen molar-refractivity contribution in [3.05, 3.63) is 44.9 Å². The van der Waals surface area contributed by atoms with E-state index in [0.29, 0.717) is 6.54 Å². The van der Waals surface area contributed by atoms with Crippen LogP contribution in [-0.4, -0.2) is 4.98 Å². The van der Waals surface area contributed by atoms with Crippen LogP contribution >= 0.6 is 27.3 Å². The number of benzene rings is 1. The zero-order chi connectivity index (χ0) is 12.3. The molecule has 0 aliphatic carbocycles. The molecule has 0 amide bonds. The van der Waals surface area contributed by atoms with Gasteiger partial charge >= 0.3 is 0 Å². The van der Waals surface area contributed by atoms with E-state index in [1.807, 2.05) is 6.20 Å². The Labute approximate surface area is 113 Å². The van der Waals surface area contributed by atoms with E-state index in [1.165, 1.54) is 11.1 Å². The van der Waals surface area contributed by atoms with E-state index in [9.17, 15) is 0 Å². The molecular weight excluding hydrogens is 298 g/mol. The number of aryl methyl sites for hydroxylation is 1. The molecule has 0 spiro atoms. The average molecular weight is 312 g/mol. The number of hydrogen-bond acceptors (Lipinski definition) is 4. The van der Waals surface area contributed by atoms with Crippen molar-refractivity contribution in [2.45, 2.75) is 20.0 Å². The summed E-state index contributed by atoms with van der Waals surface area (Å²) >= 11 is 5.08. The second-order valence-corrected chi connectivity index (χ2v) is 5.79. The molecular formula is C12H14BrN3S. The van der Waals surface area contributed by atoms with Gasteiger partial charge in [-0.1, -0.05) is 22.0 Å². The zero-order valence-corrected chi connectivity index (χ0v) is 11.9. The van der Waals surface area contributed by atoms with Crippen LogP contribution in [0.15, 0.2) is 28.9 Å². The van der Waals surface area contributed by atoms with Gasteiger partial charge in [0.15, 0.2) is 5.13 Å². The van der Waals surface area contributed by atoms with E-state index >= 15 is 0 Å². The molecule has 3 N–H and O–H groups in total. The molecule has 17 heavy (non-hydrogen) atoms. The molecule has 0 aliphatic heterocycles. The predicted octanol–water partition coefficient (Wildman–Crippen LogP) is 3.28. The second kappa shape index (κ2) is 5.62. The van der Waals surface area contributed by atoms with Crippen molar-refractivity contribution in [1.29, 1.82) is 0 Å². The van der Waals surface area contributed by atoms with E-state index < -0.39 is 0 Å². The average Bonchev–Trinajstić information content (AvgIpc) is 2.78. The van der Waals surface area contributed by atoms with Crippen molar-refractivity contribution >= 4 is 32.4 Å². The van der Waals surface area contributed by atoms with Crippen LogP contribution in [0.25, 0.3) is 0 Å². The van der Waals surface area contributed by atoms with Gasteiger partial charge in [0, 0.05) is 28.6 Å². The molecule has 0 unspecified atom stereocenters. The molecule has 0 atom stereocenters. The molecule has 5 heteroatoms. The lowest BCUT2D eigenvalue weighted by Gasteiger charge is -2.07. The number of rotatable bonds is 4. The third-order valence-electron chi connectivity index (χ3n) is 2.50. The molecule has 1 aromatic carbocycles. The molecule has 0 aliphatic rings. The quantitative estimate of drug-likeness (QED) is 0.911. The van der Waals surface area contributed by atoms with Gasteiger partial charge in [-0.25, -0.2) is 4.98 Å². The fourth-order valence-corrected chi connectivity index (χ4v) is 2.58. The highest BCUT2D eigenvalue weighted by molar-refractivity contribution is 9.10. The minimum absolute atomic E-state index is 0.551. The smallest absolute Gasteiger partial charge is 0.183 e. The second-order valence-electron chi connectivity index (χ2n) is 3.76. The lowest BCUT2D eigenvalue weighted by molar-refractivity contribution is 1.09. The summed E-state index contributed by atoms with van der Waals surface area (Å²) in [6.45, 7) is 3.44. The maximum atomic E-state index is 5.55. The van der Waals surface area contributed by atoms with Gasteiger partial charge in [0.25, 0.3) is 0 Å². The van der Waals surface area contributed by atoms with Crippen molar-refractivity contribution in [3.63, 3.8) is 0 Å². The first-order valence-electron chi connectivity index (χ1n) is 5.32. The van der Waals surface area contributed by atoms with Gasteiger partial charge in [-0.05, 0) is 30.2 Å². The standard InChI is InChI=1S/C12H14BrN3S/c1-8-2-3-10(13)4-9(8)6-15-12-16-7-11(5-14)17-12/h2-4,7H,5-6,14H2,1H3,(H,15,16). The minimum Gasteiger partial charge on any atom is -0.357 e. The SMILES string of the molecule is Cc1ccc(Br)cc1CNc1ncc(CN)s1. The van der Waals surface area contributed by atoms with Crippen molar-refractivity contribution in [1.82, 2.24) is 4.98 Å². The fraction of sp³-hybridized carbons (Fsp3) is 0.250. The Bertz CT molecular complexity index is 510. The number of thiazole rings is 1. The highest BCUT2D eigenvalue weighted by Gasteiger charge is 2.02. The van der Waals surface area contributed by atoms with Crippen LogP contribution in [0.1, 0.15) is 16.0 Å². The highest BCUT2D eigenvalue weighted by Crippen LogP contribution is 2.20. The summed E-state index contributed by atoms with van der Waals surface area (Å²) in [5, 5.41) is 4.24. The molecule has 0 saturated heterocycles. The number of nitrogens with two attached hydrogens (primary N) is 1. The van der Waals surface area contributed by atoms with Gasteiger partial charge in [-0.15, -0.1) is 11.3 Å². The number of anilines is 1. The Morgan fingerprint density at radius 2 is 2.29 bits per heavy atom. The summed E-state index contributed by atoms with van der Waals surface area (Å²) in [6.07, 6.45) is 1.82. The number of hydrogen-bond donors (Lipinski definition) is 2. The summed E-state index contributed by atoms with van der Waals surface area (Å²) in [7, 11) is 0. The molecule has 0 bridgehead atoms. The Kier molecular flexibility index (Phi) is 4.15. The normalized spacial score (nSPS) is 10.5. The Balaban J connectivity index is 2.04. The van der Waals surface area contributed by atoms with E-state index in [4.69, 9.17) is 5.73 Å². The van der Waals surface area contributed by atoms with Crippen LogP contribution in [0, 0.1) is 6.92 Å². The maximum Gasteiger partial charge on any atom is 0.183 e. The number of nitrogens with one attached hydrogen (secondary N) is 1. The number of nitrogens with zero attached hydrogens (tertiary/aromatic N) is 1. The predicted molar refractivity (Wildman–Crippen MR) is 76.2 cm³/mol. The summed E-state index contributed by atoms with van der Waals surface area (Å²) < 4.78 is 1.10. The van der Waals surface area contributed by atoms with Crippen LogP contribution in [0.2, 0.25) is 0 Å². The van der Waals surface area contributed by atoms with Gasteiger partial charge in [-0.2, -0.15) is 0 Å². The van der Waals surface area contributed by atoms with Crippen LogP contribution < -0.4 is 11.1 Å². The van der Waals surface area contributed by atoms with E-state index in [1.54, 1.807) is 11.3 Å². The van der Waals surface area contributed by atoms with Gasteiger partial charge in [-0.3, -0.25) is 0 Å². The van der Waals surface area contributed by atoms with Crippen LogP contribution in [0.4, 0.5) is 5.13 Å². The number of halogens is 1. The van der Waals surface area contributed by atoms with Crippen molar-refractivity contribution in [2.24, 2.45) is 5.73 Å². The lowest BCUT2D eigenvalue weighted by atomic mass is 10.1. The van der Waals surface area contributed by atoms with Gasteiger partial charge in [0.05, 0.1) is 0 Å². The first-order valence-corrected chi connectivity index (χ1v) is 6.93. The van der Waals surface area contributed by atoms with Crippen molar-refractivity contribution < 1.29 is 0 Å². The summed E-state index contributed by atoms with van der Waals surface area (Å²) in [5.41, 5.74) is 8.09. The Morgan fingerprint density at radius 3 is 3.00 bits per heavy atom. The van der Waals surface area contributed by atoms with Crippen LogP contribution in [-0.2, 0) is 13.1 Å². The van der Waals surface area contributed by atoms with E-state index in [0.717, 1.165) is 21.0 Å². The Hall–Kier alpha value is -0.910. The highest BCUT2D eigenvalue weighted by atomic mass is 79.9. The topological polar surface area (TPSA) is 50.9 Å². The largest absolute Gasteiger partial charge is 0.357 e. The number of aromatic nitrogens is 1. The third-order valence-corrected chi connectivity index (χ3v) is 3.97. The zero-order valence-electron chi connectivity index (χ0n) is 9.53. The van der Waals surface area contributed by atoms with Crippen LogP contribution in [0.5, 0.6) is 0 Å². The molecule has 1 aromatic heterocycles. The Morgan fingerprint density at radius 1 is 1.47 bits per heavy atom. The molecule has 0 radical (unpaired) electrons. The van der Waals surface area contributed by atoms with Gasteiger partial charge in [0.2, 0.25) is 0 Å². The molecule has 2 aromatic rings. The molecule has 0 fully saturated rings. The first kappa shape index (κ1) is 12.5. The first-order chi connectivity index (χ1) is 8.19. The molecule has 3 nitrogen and oxygen atoms in total. The molecule has 90 valence electrons. The fourth-order valence-electron chi connectivity index (χ4n) is 1.48. The summed E-state index contributed by atoms with van der Waals surface area (Å²) in [4.78, 5) is 5.37. The van der Waals surface area contributed by atoms with E-state index in [2.05, 4.69) is 51.4 Å². The third kappa shape index (κ3) is 3.28. The van der Waals surface area contributed by atoms with Crippen molar-refractivity contribution in [3.8, 4) is 0 Å².